The van der Waals surface area contributed by atoms with Crippen molar-refractivity contribution in [2.75, 3.05) is 7.11 Å². The summed E-state index contributed by atoms with van der Waals surface area (Å²) in [4.78, 5) is 20.7. The number of benzene rings is 1. The number of esters is 1. The van der Waals surface area contributed by atoms with Crippen LogP contribution in [0.15, 0.2) is 18.2 Å². The first kappa shape index (κ1) is 13.7. The number of rotatable bonds is 3. The summed E-state index contributed by atoms with van der Waals surface area (Å²) in [6.07, 6.45) is -5.16. The van der Waals surface area contributed by atoms with Gasteiger partial charge in [-0.15, -0.1) is 13.2 Å². The van der Waals surface area contributed by atoms with Crippen LogP contribution in [0.25, 0.3) is 0 Å². The molecule has 6 nitrogen and oxygen atoms in total. The molecule has 0 heterocycles. The Morgan fingerprint density at radius 2 is 2.00 bits per heavy atom. The molecular formula is C9H6F3NO5. The third-order valence-corrected chi connectivity index (χ3v) is 1.81. The molecule has 0 saturated heterocycles. The number of ether oxygens (including phenoxy) is 2. The molecule has 0 aliphatic heterocycles. The van der Waals surface area contributed by atoms with Gasteiger partial charge in [0.1, 0.15) is 5.56 Å². The summed E-state index contributed by atoms with van der Waals surface area (Å²) < 4.78 is 44.1. The van der Waals surface area contributed by atoms with Crippen molar-refractivity contribution in [1.29, 1.82) is 0 Å². The van der Waals surface area contributed by atoms with Crippen molar-refractivity contribution < 1.29 is 32.4 Å². The van der Waals surface area contributed by atoms with Crippen molar-refractivity contribution in [1.82, 2.24) is 0 Å². The molecule has 98 valence electrons. The topological polar surface area (TPSA) is 78.7 Å². The number of hydrogen-bond donors (Lipinski definition) is 0. The molecule has 0 N–H and O–H groups in total. The van der Waals surface area contributed by atoms with E-state index in [1.54, 1.807) is 0 Å². The van der Waals surface area contributed by atoms with Crippen LogP contribution in [0.2, 0.25) is 0 Å². The van der Waals surface area contributed by atoms with Crippen LogP contribution in [-0.4, -0.2) is 24.4 Å². The second kappa shape index (κ2) is 4.90. The summed E-state index contributed by atoms with van der Waals surface area (Å²) >= 11 is 0. The molecule has 1 aromatic rings. The second-order valence-electron chi connectivity index (χ2n) is 2.95. The Labute approximate surface area is 98.1 Å². The summed E-state index contributed by atoms with van der Waals surface area (Å²) in [7, 11) is 0.929. The molecule has 9 heteroatoms. The molecule has 0 radical (unpaired) electrons. The monoisotopic (exact) mass is 265 g/mol. The number of nitro benzene ring substituents is 1. The molecule has 0 aliphatic carbocycles. The van der Waals surface area contributed by atoms with Crippen molar-refractivity contribution in [2.45, 2.75) is 6.36 Å². The van der Waals surface area contributed by atoms with Crippen LogP contribution in [0.4, 0.5) is 18.9 Å². The van der Waals surface area contributed by atoms with Crippen molar-refractivity contribution in [3.05, 3.63) is 33.9 Å². The average Bonchev–Trinajstić information content (AvgIpc) is 2.25. The van der Waals surface area contributed by atoms with Gasteiger partial charge < -0.3 is 9.47 Å². The van der Waals surface area contributed by atoms with E-state index < -0.39 is 34.3 Å². The second-order valence-corrected chi connectivity index (χ2v) is 2.95. The van der Waals surface area contributed by atoms with Gasteiger partial charge in [-0.05, 0) is 6.07 Å². The minimum absolute atomic E-state index is 0.677. The fourth-order valence-electron chi connectivity index (χ4n) is 1.16. The van der Waals surface area contributed by atoms with Crippen molar-refractivity contribution >= 4 is 11.7 Å². The number of carbonyl (C=O) groups is 1. The van der Waals surface area contributed by atoms with Crippen LogP contribution in [0.3, 0.4) is 0 Å². The lowest BCUT2D eigenvalue weighted by Gasteiger charge is -2.11. The average molecular weight is 265 g/mol. The predicted octanol–water partition coefficient (Wildman–Crippen LogP) is 2.28. The van der Waals surface area contributed by atoms with Crippen molar-refractivity contribution in [2.24, 2.45) is 0 Å². The minimum atomic E-state index is -5.16. The molecule has 0 unspecified atom stereocenters. The summed E-state index contributed by atoms with van der Waals surface area (Å²) in [6.45, 7) is 0. The van der Waals surface area contributed by atoms with Crippen LogP contribution < -0.4 is 4.74 Å². The largest absolute Gasteiger partial charge is 0.573 e. The molecule has 0 spiro atoms. The molecule has 0 aromatic heterocycles. The van der Waals surface area contributed by atoms with Crippen molar-refractivity contribution in [3.8, 4) is 5.75 Å². The number of hydrogen-bond acceptors (Lipinski definition) is 5. The van der Waals surface area contributed by atoms with Gasteiger partial charge in [-0.1, -0.05) is 6.07 Å². The highest BCUT2D eigenvalue weighted by Gasteiger charge is 2.37. The van der Waals surface area contributed by atoms with E-state index in [-0.39, 0.29) is 0 Å². The first-order valence-corrected chi connectivity index (χ1v) is 4.37. The summed E-state index contributed by atoms with van der Waals surface area (Å²) in [5.74, 6) is -2.36. The number of para-hydroxylation sites is 1. The van der Waals surface area contributed by atoms with Crippen LogP contribution in [0.5, 0.6) is 5.75 Å². The fraction of sp³-hybridized carbons (Fsp3) is 0.222. The Bertz CT molecular complexity index is 486. The first-order valence-electron chi connectivity index (χ1n) is 4.37. The summed E-state index contributed by atoms with van der Waals surface area (Å²) in [5, 5.41) is 10.6. The van der Waals surface area contributed by atoms with Gasteiger partial charge >= 0.3 is 18.0 Å². The van der Waals surface area contributed by atoms with Gasteiger partial charge in [0.2, 0.25) is 5.75 Å². The summed E-state index contributed by atoms with van der Waals surface area (Å²) in [5.41, 5.74) is -1.65. The number of carbonyl (C=O) groups excluding carboxylic acids is 1. The molecule has 0 atom stereocenters. The maximum Gasteiger partial charge on any atom is 0.573 e. The highest BCUT2D eigenvalue weighted by molar-refractivity contribution is 5.94. The number of alkyl halides is 3. The molecule has 1 rings (SSSR count). The Morgan fingerprint density at radius 3 is 2.44 bits per heavy atom. The van der Waals surface area contributed by atoms with Gasteiger partial charge in [-0.2, -0.15) is 0 Å². The maximum absolute atomic E-state index is 12.1. The molecule has 0 amide bonds. The fourth-order valence-corrected chi connectivity index (χ4v) is 1.16. The molecule has 18 heavy (non-hydrogen) atoms. The van der Waals surface area contributed by atoms with Crippen LogP contribution >= 0.6 is 0 Å². The quantitative estimate of drug-likeness (QED) is 0.476. The van der Waals surface area contributed by atoms with Crippen LogP contribution in [0, 0.1) is 10.1 Å². The molecular weight excluding hydrogens is 259 g/mol. The first-order chi connectivity index (χ1) is 8.26. The number of methoxy groups -OCH3 is 1. The molecule has 0 fully saturated rings. The Hall–Kier alpha value is -2.32. The normalized spacial score (nSPS) is 10.9. The molecule has 0 aliphatic rings. The number of halogens is 3. The van der Waals surface area contributed by atoms with Gasteiger partial charge in [-0.25, -0.2) is 4.79 Å². The minimum Gasteiger partial charge on any atom is -0.465 e. The van der Waals surface area contributed by atoms with Gasteiger partial charge in [0.15, 0.2) is 0 Å². The zero-order valence-electron chi connectivity index (χ0n) is 8.85. The lowest BCUT2D eigenvalue weighted by atomic mass is 10.1. The lowest BCUT2D eigenvalue weighted by Crippen LogP contribution is -2.20. The van der Waals surface area contributed by atoms with Gasteiger partial charge in [0.05, 0.1) is 12.0 Å². The number of nitro groups is 1. The Balaban J connectivity index is 3.39. The predicted molar refractivity (Wildman–Crippen MR) is 51.1 cm³/mol. The van der Waals surface area contributed by atoms with Crippen LogP contribution in [-0.2, 0) is 4.74 Å². The summed E-state index contributed by atoms with van der Waals surface area (Å²) in [6, 6.07) is 2.76. The van der Waals surface area contributed by atoms with E-state index in [0.29, 0.717) is 0 Å². The van der Waals surface area contributed by atoms with E-state index in [2.05, 4.69) is 9.47 Å². The zero-order valence-corrected chi connectivity index (χ0v) is 8.85. The third kappa shape index (κ3) is 3.09. The van der Waals surface area contributed by atoms with Gasteiger partial charge in [-0.3, -0.25) is 10.1 Å². The molecule has 0 bridgehead atoms. The van der Waals surface area contributed by atoms with E-state index in [9.17, 15) is 28.1 Å². The van der Waals surface area contributed by atoms with E-state index in [1.165, 1.54) is 0 Å². The van der Waals surface area contributed by atoms with Crippen LogP contribution in [0.1, 0.15) is 10.4 Å². The van der Waals surface area contributed by atoms with Gasteiger partial charge in [0.25, 0.3) is 0 Å². The highest BCUT2D eigenvalue weighted by Crippen LogP contribution is 2.35. The lowest BCUT2D eigenvalue weighted by molar-refractivity contribution is -0.388. The van der Waals surface area contributed by atoms with E-state index in [0.717, 1.165) is 25.3 Å². The Kier molecular flexibility index (Phi) is 3.74. The van der Waals surface area contributed by atoms with E-state index in [4.69, 9.17) is 0 Å². The molecule has 1 aromatic carbocycles. The Morgan fingerprint density at radius 1 is 1.39 bits per heavy atom. The maximum atomic E-state index is 12.1. The zero-order chi connectivity index (χ0) is 13.9. The third-order valence-electron chi connectivity index (χ3n) is 1.81. The SMILES string of the molecule is COC(=O)c1cccc([N+](=O)[O-])c1OC(F)(F)F. The molecule has 0 saturated carbocycles. The van der Waals surface area contributed by atoms with E-state index >= 15 is 0 Å². The standard InChI is InChI=1S/C9H6F3NO5/c1-17-8(14)5-3-2-4-6(13(15)16)7(5)18-9(10,11)12/h2-4H,1H3. The highest BCUT2D eigenvalue weighted by atomic mass is 19.4. The smallest absolute Gasteiger partial charge is 0.465 e. The number of nitrogens with zero attached hydrogens (tertiary/aromatic N) is 1. The van der Waals surface area contributed by atoms with Gasteiger partial charge in [0, 0.05) is 6.07 Å². The van der Waals surface area contributed by atoms with Crippen molar-refractivity contribution in [3.63, 3.8) is 0 Å². The van der Waals surface area contributed by atoms with E-state index in [1.807, 2.05) is 0 Å².